The fourth-order valence-electron chi connectivity index (χ4n) is 4.28. The molecule has 0 saturated heterocycles. The second-order valence-electron chi connectivity index (χ2n) is 8.27. The summed E-state index contributed by atoms with van der Waals surface area (Å²) in [4.78, 5) is 25.0. The summed E-state index contributed by atoms with van der Waals surface area (Å²) in [5.74, 6) is -0.873. The molecule has 9 heteroatoms. The Labute approximate surface area is 156 Å². The van der Waals surface area contributed by atoms with Crippen molar-refractivity contribution in [1.29, 1.82) is 0 Å². The van der Waals surface area contributed by atoms with Crippen LogP contribution in [0.3, 0.4) is 0 Å². The van der Waals surface area contributed by atoms with Crippen LogP contribution >= 0.6 is 0 Å². The third-order valence-electron chi connectivity index (χ3n) is 6.00. The van der Waals surface area contributed by atoms with Crippen LogP contribution in [0.1, 0.15) is 51.4 Å². The zero-order chi connectivity index (χ0) is 19.6. The van der Waals surface area contributed by atoms with Gasteiger partial charge >= 0.3 is 18.2 Å². The predicted octanol–water partition coefficient (Wildman–Crippen LogP) is 2.73. The van der Waals surface area contributed by atoms with Crippen molar-refractivity contribution in [2.45, 2.75) is 75.7 Å². The Morgan fingerprint density at radius 3 is 2.26 bits per heavy atom. The quantitative estimate of drug-likeness (QED) is 0.594. The first-order valence-corrected chi connectivity index (χ1v) is 9.82. The first kappa shape index (κ1) is 20.2. The van der Waals surface area contributed by atoms with E-state index in [0.29, 0.717) is 31.6 Å². The van der Waals surface area contributed by atoms with Gasteiger partial charge in [0.1, 0.15) is 6.04 Å². The summed E-state index contributed by atoms with van der Waals surface area (Å²) in [5, 5.41) is 13.8. The molecule has 3 saturated carbocycles. The molecule has 0 spiro atoms. The molecule has 27 heavy (non-hydrogen) atoms. The summed E-state index contributed by atoms with van der Waals surface area (Å²) >= 11 is 0. The average molecular weight is 391 g/mol. The molecule has 0 aromatic heterocycles. The first-order chi connectivity index (χ1) is 12.7. The van der Waals surface area contributed by atoms with E-state index in [1.807, 2.05) is 4.90 Å². The number of nitrogens with zero attached hydrogens (tertiary/aromatic N) is 1. The smallest absolute Gasteiger partial charge is 0.408 e. The predicted molar refractivity (Wildman–Crippen MR) is 92.2 cm³/mol. The highest BCUT2D eigenvalue weighted by molar-refractivity contribution is 5.75. The summed E-state index contributed by atoms with van der Waals surface area (Å²) in [6.45, 7) is 0.714. The van der Waals surface area contributed by atoms with Gasteiger partial charge in [0, 0.05) is 18.6 Å². The van der Waals surface area contributed by atoms with Gasteiger partial charge in [-0.05, 0) is 50.4 Å². The van der Waals surface area contributed by atoms with Crippen molar-refractivity contribution in [3.05, 3.63) is 0 Å². The van der Waals surface area contributed by atoms with Gasteiger partial charge in [-0.1, -0.05) is 12.8 Å². The van der Waals surface area contributed by atoms with Crippen molar-refractivity contribution in [1.82, 2.24) is 15.5 Å². The maximum absolute atomic E-state index is 13.3. The van der Waals surface area contributed by atoms with Crippen LogP contribution in [0, 0.1) is 11.8 Å². The Balaban J connectivity index is 1.45. The van der Waals surface area contributed by atoms with Crippen LogP contribution in [-0.4, -0.2) is 59.4 Å². The minimum absolute atomic E-state index is 0.0299. The van der Waals surface area contributed by atoms with Crippen LogP contribution in [0.25, 0.3) is 0 Å². The Morgan fingerprint density at radius 2 is 1.74 bits per heavy atom. The fraction of sp³-hybridized carbons (Fsp3) is 0.889. The van der Waals surface area contributed by atoms with E-state index in [1.165, 1.54) is 0 Å². The number of urea groups is 1. The van der Waals surface area contributed by atoms with Gasteiger partial charge in [-0.15, -0.1) is 0 Å². The Bertz CT molecular complexity index is 542. The number of halogens is 3. The lowest BCUT2D eigenvalue weighted by molar-refractivity contribution is -0.164. The molecule has 3 aliphatic carbocycles. The first-order valence-electron chi connectivity index (χ1n) is 9.82. The van der Waals surface area contributed by atoms with Gasteiger partial charge < -0.3 is 15.7 Å². The SMILES string of the molecule is O=C(O)CN(CC1CC1)C1CC(NC(=O)NC(C2CCCC2)C(F)(F)F)C1. The Morgan fingerprint density at radius 1 is 1.11 bits per heavy atom. The highest BCUT2D eigenvalue weighted by atomic mass is 19.4. The molecule has 3 aliphatic rings. The molecular weight excluding hydrogens is 363 g/mol. The number of carbonyl (C=O) groups is 2. The number of carbonyl (C=O) groups excluding carboxylic acids is 1. The molecule has 2 amide bonds. The number of amides is 2. The lowest BCUT2D eigenvalue weighted by Gasteiger charge is -2.43. The summed E-state index contributed by atoms with van der Waals surface area (Å²) in [6, 6.07) is -2.71. The van der Waals surface area contributed by atoms with Gasteiger partial charge in [0.25, 0.3) is 0 Å². The number of carboxylic acid groups (broad SMARTS) is 1. The Hall–Kier alpha value is -1.51. The number of rotatable bonds is 8. The third kappa shape index (κ3) is 5.73. The van der Waals surface area contributed by atoms with Crippen LogP contribution in [0.15, 0.2) is 0 Å². The van der Waals surface area contributed by atoms with Crippen LogP contribution < -0.4 is 10.6 Å². The van der Waals surface area contributed by atoms with E-state index in [0.717, 1.165) is 32.2 Å². The maximum atomic E-state index is 13.3. The third-order valence-corrected chi connectivity index (χ3v) is 6.00. The van der Waals surface area contributed by atoms with Crippen molar-refractivity contribution >= 4 is 12.0 Å². The molecule has 3 N–H and O–H groups in total. The molecule has 0 bridgehead atoms. The molecule has 3 rings (SSSR count). The highest BCUT2D eigenvalue weighted by Crippen LogP contribution is 2.36. The lowest BCUT2D eigenvalue weighted by atomic mass is 9.85. The van der Waals surface area contributed by atoms with Gasteiger partial charge in [0.15, 0.2) is 0 Å². The van der Waals surface area contributed by atoms with Crippen molar-refractivity contribution in [2.75, 3.05) is 13.1 Å². The summed E-state index contributed by atoms with van der Waals surface area (Å²) in [5.41, 5.74) is 0. The summed E-state index contributed by atoms with van der Waals surface area (Å²) in [6.07, 6.45) is 1.46. The van der Waals surface area contributed by atoms with Crippen molar-refractivity contribution in [3.8, 4) is 0 Å². The molecule has 0 aromatic rings. The molecule has 0 radical (unpaired) electrons. The molecule has 3 fully saturated rings. The van der Waals surface area contributed by atoms with E-state index >= 15 is 0 Å². The second-order valence-corrected chi connectivity index (χ2v) is 8.27. The number of alkyl halides is 3. The van der Waals surface area contributed by atoms with E-state index in [2.05, 4.69) is 10.6 Å². The topological polar surface area (TPSA) is 81.7 Å². The zero-order valence-corrected chi connectivity index (χ0v) is 15.3. The number of nitrogens with one attached hydrogen (secondary N) is 2. The normalized spacial score (nSPS) is 27.3. The summed E-state index contributed by atoms with van der Waals surface area (Å²) < 4.78 is 39.8. The second kappa shape index (κ2) is 8.24. The van der Waals surface area contributed by atoms with Gasteiger partial charge in [-0.2, -0.15) is 13.2 Å². The molecule has 0 aromatic carbocycles. The monoisotopic (exact) mass is 391 g/mol. The van der Waals surface area contributed by atoms with E-state index in [1.54, 1.807) is 0 Å². The summed E-state index contributed by atoms with van der Waals surface area (Å²) in [7, 11) is 0. The minimum Gasteiger partial charge on any atom is -0.480 e. The average Bonchev–Trinajstić information content (AvgIpc) is 3.17. The van der Waals surface area contributed by atoms with Crippen LogP contribution in [0.2, 0.25) is 0 Å². The maximum Gasteiger partial charge on any atom is 0.408 e. The largest absolute Gasteiger partial charge is 0.480 e. The standard InChI is InChI=1S/C18H28F3N3O3/c19-18(20,21)16(12-3-1-2-4-12)23-17(27)22-13-7-14(8-13)24(10-15(25)26)9-11-5-6-11/h11-14,16H,1-10H2,(H,25,26)(H2,22,23,27). The minimum atomic E-state index is -4.45. The fourth-order valence-corrected chi connectivity index (χ4v) is 4.28. The molecule has 0 aliphatic heterocycles. The Kier molecular flexibility index (Phi) is 6.18. The van der Waals surface area contributed by atoms with Gasteiger partial charge in [0.2, 0.25) is 0 Å². The molecular formula is C18H28F3N3O3. The molecule has 1 atom stereocenters. The molecule has 1 unspecified atom stereocenters. The molecule has 6 nitrogen and oxygen atoms in total. The van der Waals surface area contributed by atoms with Gasteiger partial charge in [-0.3, -0.25) is 9.69 Å². The van der Waals surface area contributed by atoms with Gasteiger partial charge in [-0.25, -0.2) is 4.79 Å². The highest BCUT2D eigenvalue weighted by Gasteiger charge is 2.46. The number of aliphatic carboxylic acids is 1. The molecule has 154 valence electrons. The van der Waals surface area contributed by atoms with Crippen LogP contribution in [0.4, 0.5) is 18.0 Å². The van der Waals surface area contributed by atoms with E-state index in [-0.39, 0.29) is 18.6 Å². The number of hydrogen-bond acceptors (Lipinski definition) is 3. The van der Waals surface area contributed by atoms with E-state index < -0.39 is 30.1 Å². The molecule has 0 heterocycles. The number of carboxylic acids is 1. The van der Waals surface area contributed by atoms with Crippen molar-refractivity contribution in [2.24, 2.45) is 11.8 Å². The van der Waals surface area contributed by atoms with Gasteiger partial charge in [0.05, 0.1) is 6.54 Å². The van der Waals surface area contributed by atoms with Crippen molar-refractivity contribution in [3.63, 3.8) is 0 Å². The van der Waals surface area contributed by atoms with Crippen LogP contribution in [0.5, 0.6) is 0 Å². The van der Waals surface area contributed by atoms with E-state index in [4.69, 9.17) is 5.11 Å². The van der Waals surface area contributed by atoms with E-state index in [9.17, 15) is 22.8 Å². The zero-order valence-electron chi connectivity index (χ0n) is 15.3. The van der Waals surface area contributed by atoms with Crippen LogP contribution in [-0.2, 0) is 4.79 Å². The lowest BCUT2D eigenvalue weighted by Crippen LogP contribution is -2.59. The number of hydrogen-bond donors (Lipinski definition) is 3. The van der Waals surface area contributed by atoms with Crippen molar-refractivity contribution < 1.29 is 27.9 Å².